The predicted molar refractivity (Wildman–Crippen MR) is 69.2 cm³/mol. The van der Waals surface area contributed by atoms with Crippen molar-refractivity contribution < 1.29 is 12.6 Å². The molecule has 2 rings (SSSR count). The zero-order chi connectivity index (χ0) is 13.2. The van der Waals surface area contributed by atoms with Crippen molar-refractivity contribution in [2.75, 3.05) is 30.9 Å². The van der Waals surface area contributed by atoms with Gasteiger partial charge < -0.3 is 4.90 Å². The van der Waals surface area contributed by atoms with Crippen LogP contribution in [0.5, 0.6) is 0 Å². The van der Waals surface area contributed by atoms with Gasteiger partial charge in [-0.2, -0.15) is 8.42 Å². The number of anilines is 1. The fourth-order valence-corrected chi connectivity index (χ4v) is 2.28. The van der Waals surface area contributed by atoms with E-state index in [1.165, 1.54) is 0 Å². The summed E-state index contributed by atoms with van der Waals surface area (Å²) in [6, 6.07) is 7.37. The van der Waals surface area contributed by atoms with Gasteiger partial charge in [0.1, 0.15) is 0 Å². The normalized spacial score (nSPS) is 16.1. The summed E-state index contributed by atoms with van der Waals surface area (Å²) in [7, 11) is -3.34. The Bertz CT molecular complexity index is 554. The Kier molecular flexibility index (Phi) is 3.55. The van der Waals surface area contributed by atoms with E-state index in [0.717, 1.165) is 25.0 Å². The Morgan fingerprint density at radius 3 is 2.50 bits per heavy atom. The van der Waals surface area contributed by atoms with E-state index in [4.69, 9.17) is 10.8 Å². The van der Waals surface area contributed by atoms with Crippen molar-refractivity contribution in [3.63, 3.8) is 0 Å². The highest BCUT2D eigenvalue weighted by atomic mass is 32.2. The molecule has 96 valence electrons. The lowest BCUT2D eigenvalue weighted by molar-refractivity contribution is 0.228. The second kappa shape index (κ2) is 4.96. The minimum absolute atomic E-state index is 0.246. The van der Waals surface area contributed by atoms with E-state index in [9.17, 15) is 8.42 Å². The molecule has 0 atom stereocenters. The molecule has 0 spiro atoms. The highest BCUT2D eigenvalue weighted by Gasteiger charge is 2.27. The van der Waals surface area contributed by atoms with Crippen molar-refractivity contribution in [1.29, 1.82) is 0 Å². The highest BCUT2D eigenvalue weighted by Crippen LogP contribution is 2.26. The quantitative estimate of drug-likeness (QED) is 0.614. The minimum Gasteiger partial charge on any atom is -0.371 e. The Hall–Kier alpha value is -1.58. The van der Waals surface area contributed by atoms with Crippen molar-refractivity contribution >= 4 is 21.5 Å². The van der Waals surface area contributed by atoms with Crippen LogP contribution in [0, 0.1) is 12.5 Å². The molecule has 0 N–H and O–H groups in total. The van der Waals surface area contributed by atoms with Crippen LogP contribution >= 0.6 is 0 Å². The van der Waals surface area contributed by atoms with Crippen LogP contribution in [0.3, 0.4) is 0 Å². The molecule has 1 saturated heterocycles. The van der Waals surface area contributed by atoms with E-state index in [-0.39, 0.29) is 12.5 Å². The number of benzene rings is 1. The summed E-state index contributed by atoms with van der Waals surface area (Å²) >= 11 is 0. The SMILES string of the molecule is [C-]#[N+]c1ccc(N2CC(COS(C)(=O)=O)C2)cc1. The lowest BCUT2D eigenvalue weighted by atomic mass is 10.0. The molecule has 0 amide bonds. The van der Waals surface area contributed by atoms with E-state index < -0.39 is 10.1 Å². The molecule has 1 aliphatic rings. The van der Waals surface area contributed by atoms with Crippen molar-refractivity contribution in [1.82, 2.24) is 0 Å². The van der Waals surface area contributed by atoms with Crippen molar-refractivity contribution in [3.05, 3.63) is 35.7 Å². The van der Waals surface area contributed by atoms with Gasteiger partial charge in [0, 0.05) is 24.7 Å². The maximum atomic E-state index is 10.8. The second-order valence-electron chi connectivity index (χ2n) is 4.39. The molecule has 5 nitrogen and oxygen atoms in total. The highest BCUT2D eigenvalue weighted by molar-refractivity contribution is 7.85. The van der Waals surface area contributed by atoms with Gasteiger partial charge in [0.15, 0.2) is 5.69 Å². The summed E-state index contributed by atoms with van der Waals surface area (Å²) in [5.41, 5.74) is 1.68. The molecule has 18 heavy (non-hydrogen) atoms. The van der Waals surface area contributed by atoms with E-state index in [1.807, 2.05) is 12.1 Å². The van der Waals surface area contributed by atoms with Crippen molar-refractivity contribution in [2.45, 2.75) is 0 Å². The van der Waals surface area contributed by atoms with Gasteiger partial charge in [-0.05, 0) is 12.1 Å². The lowest BCUT2D eigenvalue weighted by Crippen LogP contribution is -2.49. The molecule has 0 aromatic heterocycles. The Morgan fingerprint density at radius 2 is 2.00 bits per heavy atom. The summed E-state index contributed by atoms with van der Waals surface area (Å²) < 4.78 is 26.4. The number of nitrogens with zero attached hydrogens (tertiary/aromatic N) is 2. The third-order valence-corrected chi connectivity index (χ3v) is 3.38. The van der Waals surface area contributed by atoms with Crippen LogP contribution < -0.4 is 4.90 Å². The fourth-order valence-electron chi connectivity index (χ4n) is 1.84. The summed E-state index contributed by atoms with van der Waals surface area (Å²) in [5.74, 6) is 0.250. The van der Waals surface area contributed by atoms with Gasteiger partial charge in [-0.15, -0.1) is 0 Å². The van der Waals surface area contributed by atoms with Crippen molar-refractivity contribution in [2.24, 2.45) is 5.92 Å². The van der Waals surface area contributed by atoms with Crippen LogP contribution in [0.4, 0.5) is 11.4 Å². The molecule has 1 aromatic carbocycles. The van der Waals surface area contributed by atoms with Gasteiger partial charge in [0.25, 0.3) is 10.1 Å². The van der Waals surface area contributed by atoms with E-state index in [2.05, 4.69) is 9.74 Å². The monoisotopic (exact) mass is 266 g/mol. The largest absolute Gasteiger partial charge is 0.371 e. The van der Waals surface area contributed by atoms with E-state index in [0.29, 0.717) is 5.69 Å². The van der Waals surface area contributed by atoms with Crippen LogP contribution in [0.15, 0.2) is 24.3 Å². The molecular formula is C12H14N2O3S. The number of hydrogen-bond acceptors (Lipinski definition) is 4. The molecule has 6 heteroatoms. The molecular weight excluding hydrogens is 252 g/mol. The molecule has 1 heterocycles. The minimum atomic E-state index is -3.34. The average Bonchev–Trinajstić information content (AvgIpc) is 2.26. The number of rotatable bonds is 4. The van der Waals surface area contributed by atoms with Gasteiger partial charge in [-0.25, -0.2) is 4.85 Å². The number of hydrogen-bond donors (Lipinski definition) is 0. The fraction of sp³-hybridized carbons (Fsp3) is 0.417. The van der Waals surface area contributed by atoms with Crippen LogP contribution in [-0.4, -0.2) is 34.4 Å². The standard InChI is InChI=1S/C12H14N2O3S/c1-13-11-3-5-12(6-4-11)14-7-10(8-14)9-17-18(2,15)16/h3-6,10H,7-9H2,2H3. The Balaban J connectivity index is 1.83. The first kappa shape index (κ1) is 12.9. The smallest absolute Gasteiger partial charge is 0.264 e. The third-order valence-electron chi connectivity index (χ3n) is 2.82. The predicted octanol–water partition coefficient (Wildman–Crippen LogP) is 1.65. The van der Waals surface area contributed by atoms with Gasteiger partial charge in [0.2, 0.25) is 0 Å². The summed E-state index contributed by atoms with van der Waals surface area (Å²) in [6.45, 7) is 8.68. The molecule has 0 bridgehead atoms. The summed E-state index contributed by atoms with van der Waals surface area (Å²) in [5, 5.41) is 0. The molecule has 1 fully saturated rings. The van der Waals surface area contributed by atoms with Crippen LogP contribution in [0.2, 0.25) is 0 Å². The van der Waals surface area contributed by atoms with Crippen LogP contribution in [0.1, 0.15) is 0 Å². The zero-order valence-corrected chi connectivity index (χ0v) is 10.9. The second-order valence-corrected chi connectivity index (χ2v) is 6.03. The Labute approximate surface area is 107 Å². The Morgan fingerprint density at radius 1 is 1.39 bits per heavy atom. The average molecular weight is 266 g/mol. The first-order valence-corrected chi connectivity index (χ1v) is 7.36. The molecule has 0 aliphatic carbocycles. The third kappa shape index (κ3) is 3.22. The maximum absolute atomic E-state index is 10.8. The molecule has 0 radical (unpaired) electrons. The first-order chi connectivity index (χ1) is 8.48. The van der Waals surface area contributed by atoms with Gasteiger partial charge in [0.05, 0.1) is 19.4 Å². The topological polar surface area (TPSA) is 51.0 Å². The zero-order valence-electron chi connectivity index (χ0n) is 10.0. The van der Waals surface area contributed by atoms with Gasteiger partial charge >= 0.3 is 0 Å². The maximum Gasteiger partial charge on any atom is 0.264 e. The van der Waals surface area contributed by atoms with Crippen molar-refractivity contribution in [3.8, 4) is 0 Å². The first-order valence-electron chi connectivity index (χ1n) is 5.55. The van der Waals surface area contributed by atoms with Gasteiger partial charge in [-0.3, -0.25) is 4.18 Å². The van der Waals surface area contributed by atoms with E-state index in [1.54, 1.807) is 12.1 Å². The van der Waals surface area contributed by atoms with Crippen LogP contribution in [0.25, 0.3) is 4.85 Å². The summed E-state index contributed by atoms with van der Waals surface area (Å²) in [6.07, 6.45) is 1.06. The molecule has 0 saturated carbocycles. The lowest BCUT2D eigenvalue weighted by Gasteiger charge is -2.40. The van der Waals surface area contributed by atoms with Crippen LogP contribution in [-0.2, 0) is 14.3 Å². The molecule has 1 aliphatic heterocycles. The summed E-state index contributed by atoms with van der Waals surface area (Å²) in [4.78, 5) is 5.46. The van der Waals surface area contributed by atoms with E-state index >= 15 is 0 Å². The molecule has 0 unspecified atom stereocenters. The molecule has 1 aromatic rings. The van der Waals surface area contributed by atoms with Gasteiger partial charge in [-0.1, -0.05) is 12.1 Å².